The number of hydrogen-bond donors (Lipinski definition) is 1. The Balaban J connectivity index is 2.75. The van der Waals surface area contributed by atoms with Crippen molar-refractivity contribution in [2.75, 3.05) is 6.54 Å². The van der Waals surface area contributed by atoms with Gasteiger partial charge in [0.2, 0.25) is 0 Å². The van der Waals surface area contributed by atoms with Crippen molar-refractivity contribution in [1.82, 2.24) is 0 Å². The van der Waals surface area contributed by atoms with Crippen LogP contribution in [0.4, 0.5) is 0 Å². The zero-order chi connectivity index (χ0) is 16.2. The molecule has 0 saturated carbocycles. The van der Waals surface area contributed by atoms with Crippen molar-refractivity contribution < 1.29 is 13.0 Å². The number of carboxylic acids is 1. The minimum absolute atomic E-state index is 0.203. The summed E-state index contributed by atoms with van der Waals surface area (Å²) in [5.41, 5.74) is 0.884. The van der Waals surface area contributed by atoms with Gasteiger partial charge < -0.3 is 0 Å². The Morgan fingerprint density at radius 1 is 1.23 bits per heavy atom. The Bertz CT molecular complexity index is 469. The van der Waals surface area contributed by atoms with Crippen LogP contribution in [0.1, 0.15) is 45.1 Å². The van der Waals surface area contributed by atoms with Crippen LogP contribution in [0.3, 0.4) is 0 Å². The number of hydrogen-bond acceptors (Lipinski definition) is 3. The number of rotatable bonds is 11. The molecule has 0 bridgehead atoms. The predicted molar refractivity (Wildman–Crippen MR) is 92.4 cm³/mol. The van der Waals surface area contributed by atoms with E-state index >= 15 is 0 Å². The summed E-state index contributed by atoms with van der Waals surface area (Å²) in [5, 5.41) is 8.67. The van der Waals surface area contributed by atoms with E-state index in [2.05, 4.69) is 18.8 Å². The summed E-state index contributed by atoms with van der Waals surface area (Å²) in [5.74, 6) is -0.0464. The number of benzene rings is 1. The second-order valence-electron chi connectivity index (χ2n) is 5.25. The summed E-state index contributed by atoms with van der Waals surface area (Å²) in [7, 11) is 0. The molecule has 0 atom stereocenters. The molecule has 1 radical (unpaired) electrons. The second-order valence-corrected chi connectivity index (χ2v) is 11.8. The van der Waals surface area contributed by atoms with E-state index in [-0.39, 0.29) is 6.54 Å². The van der Waals surface area contributed by atoms with Gasteiger partial charge in [0.15, 0.2) is 0 Å². The van der Waals surface area contributed by atoms with Crippen LogP contribution in [0, 0.1) is 0 Å². The number of carboxylic acid groups (broad SMARTS) is 1. The molecular formula is C17H26NO3Sn. The maximum atomic E-state index is 10.6. The van der Waals surface area contributed by atoms with Gasteiger partial charge in [0.1, 0.15) is 0 Å². The number of aliphatic carboxylic acids is 1. The zero-order valence-corrected chi connectivity index (χ0v) is 16.4. The maximum absolute atomic E-state index is 10.6. The van der Waals surface area contributed by atoms with Crippen LogP contribution >= 0.6 is 0 Å². The molecule has 1 aromatic rings. The zero-order valence-electron chi connectivity index (χ0n) is 13.5. The van der Waals surface area contributed by atoms with Crippen LogP contribution < -0.4 is 3.07 Å². The van der Waals surface area contributed by atoms with E-state index in [0.29, 0.717) is 0 Å². The molecular weight excluding hydrogens is 385 g/mol. The van der Waals surface area contributed by atoms with Crippen molar-refractivity contribution in [3.05, 3.63) is 29.8 Å². The van der Waals surface area contributed by atoms with Gasteiger partial charge in [-0.05, 0) is 0 Å². The molecule has 1 aromatic carbocycles. The topological polar surface area (TPSA) is 58.9 Å². The Kier molecular flexibility index (Phi) is 9.95. The molecule has 1 rings (SSSR count). The fraction of sp³-hybridized carbons (Fsp3) is 0.529. The van der Waals surface area contributed by atoms with Gasteiger partial charge in [0, 0.05) is 0 Å². The van der Waals surface area contributed by atoms with Gasteiger partial charge in [0.05, 0.1) is 0 Å². The van der Waals surface area contributed by atoms with Gasteiger partial charge in [-0.3, -0.25) is 0 Å². The van der Waals surface area contributed by atoms with Gasteiger partial charge >= 0.3 is 141 Å². The Morgan fingerprint density at radius 3 is 2.45 bits per heavy atom. The van der Waals surface area contributed by atoms with E-state index in [1.165, 1.54) is 34.6 Å². The molecule has 0 aliphatic carbocycles. The third-order valence-electron chi connectivity index (χ3n) is 3.25. The normalized spacial score (nSPS) is 11.2. The van der Waals surface area contributed by atoms with Crippen molar-refractivity contribution in [3.8, 4) is 5.75 Å². The van der Waals surface area contributed by atoms with Crippen LogP contribution in [0.2, 0.25) is 8.87 Å². The number of aliphatic imine (C=N–C) groups is 1. The Hall–Kier alpha value is -1.04. The van der Waals surface area contributed by atoms with Gasteiger partial charge in [-0.1, -0.05) is 0 Å². The first-order valence-electron chi connectivity index (χ1n) is 8.00. The third kappa shape index (κ3) is 7.82. The Labute approximate surface area is 140 Å². The standard InChI is InChI=1S/C9H9NO3.2C4H9.Sn/c11-8-4-2-1-3-7(8)5-10-6-9(12)13;2*1-3-4-2;/h1-5,11H,6H2,(H,12,13);2*1,3-4H2,2H3;/q;;;+1/p-1. The van der Waals surface area contributed by atoms with E-state index < -0.39 is 26.1 Å². The molecule has 1 N–H and O–H groups in total. The third-order valence-corrected chi connectivity index (χ3v) is 9.90. The monoisotopic (exact) mass is 412 g/mol. The quantitative estimate of drug-likeness (QED) is 0.440. The molecule has 0 fully saturated rings. The first-order chi connectivity index (χ1) is 10.7. The molecule has 0 unspecified atom stereocenters. The number of nitrogens with zero attached hydrogens (tertiary/aromatic N) is 1. The second kappa shape index (κ2) is 11.5. The molecule has 0 aromatic heterocycles. The van der Waals surface area contributed by atoms with Gasteiger partial charge in [-0.15, -0.1) is 0 Å². The number of para-hydroxylation sites is 1. The van der Waals surface area contributed by atoms with E-state index in [0.717, 1.165) is 11.3 Å². The fourth-order valence-electron chi connectivity index (χ4n) is 2.03. The average Bonchev–Trinajstić information content (AvgIpc) is 2.51. The summed E-state index contributed by atoms with van der Waals surface area (Å²) in [6.45, 7) is 4.23. The van der Waals surface area contributed by atoms with Crippen molar-refractivity contribution in [3.63, 3.8) is 0 Å². The average molecular weight is 411 g/mol. The van der Waals surface area contributed by atoms with Crippen LogP contribution in [-0.4, -0.2) is 44.0 Å². The van der Waals surface area contributed by atoms with Crippen LogP contribution in [0.15, 0.2) is 29.3 Å². The summed E-state index contributed by atoms with van der Waals surface area (Å²) >= 11 is -1.87. The van der Waals surface area contributed by atoms with E-state index in [1.54, 1.807) is 6.21 Å². The predicted octanol–water partition coefficient (Wildman–Crippen LogP) is 4.16. The molecule has 121 valence electrons. The molecule has 0 spiro atoms. The molecule has 4 nitrogen and oxygen atoms in total. The summed E-state index contributed by atoms with van der Waals surface area (Å²) < 4.78 is 8.86. The molecule has 0 heterocycles. The molecule has 0 amide bonds. The van der Waals surface area contributed by atoms with Gasteiger partial charge in [0.25, 0.3) is 0 Å². The number of unbranched alkanes of at least 4 members (excludes halogenated alkanes) is 2. The van der Waals surface area contributed by atoms with E-state index in [1.807, 2.05) is 24.3 Å². The number of carbonyl (C=O) groups is 1. The van der Waals surface area contributed by atoms with Crippen LogP contribution in [0.5, 0.6) is 5.75 Å². The first kappa shape index (κ1) is 19.0. The van der Waals surface area contributed by atoms with Gasteiger partial charge in [-0.25, -0.2) is 0 Å². The summed E-state index contributed by atoms with van der Waals surface area (Å²) in [6, 6.07) is 7.79. The summed E-state index contributed by atoms with van der Waals surface area (Å²) in [6.07, 6.45) is 6.52. The van der Waals surface area contributed by atoms with Crippen molar-refractivity contribution in [1.29, 1.82) is 0 Å². The Morgan fingerprint density at radius 2 is 1.86 bits per heavy atom. The SMILES string of the molecule is CCC[CH2][Sn]([CH2]CCC)[O]c1ccccc1C=NCC(=O)O. The molecule has 5 heteroatoms. The minimum atomic E-state index is -1.87. The summed E-state index contributed by atoms with van der Waals surface area (Å²) in [4.78, 5) is 14.5. The van der Waals surface area contributed by atoms with Crippen molar-refractivity contribution in [2.24, 2.45) is 4.99 Å². The molecule has 0 aliphatic rings. The fourth-order valence-corrected chi connectivity index (χ4v) is 9.02. The van der Waals surface area contributed by atoms with Crippen molar-refractivity contribution in [2.45, 2.75) is 48.4 Å². The molecule has 22 heavy (non-hydrogen) atoms. The molecule has 0 aliphatic heterocycles. The van der Waals surface area contributed by atoms with E-state index in [4.69, 9.17) is 8.18 Å². The van der Waals surface area contributed by atoms with Gasteiger partial charge in [-0.2, -0.15) is 0 Å². The van der Waals surface area contributed by atoms with Crippen LogP contribution in [0.25, 0.3) is 0 Å². The first-order valence-corrected chi connectivity index (χ1v) is 13.2. The molecule has 0 saturated heterocycles. The van der Waals surface area contributed by atoms with Crippen LogP contribution in [-0.2, 0) is 4.79 Å². The van der Waals surface area contributed by atoms with E-state index in [9.17, 15) is 4.79 Å². The van der Waals surface area contributed by atoms with Crippen molar-refractivity contribution >= 4 is 32.4 Å².